The van der Waals surface area contributed by atoms with Gasteiger partial charge in [-0.25, -0.2) is 0 Å². The first kappa shape index (κ1) is 19.3. The molecule has 1 aromatic rings. The van der Waals surface area contributed by atoms with Gasteiger partial charge in [0.05, 0.1) is 0 Å². The lowest BCUT2D eigenvalue weighted by Gasteiger charge is -2.30. The van der Waals surface area contributed by atoms with Crippen molar-refractivity contribution >= 4 is 23.2 Å². The minimum Gasteiger partial charge on any atom is -0.372 e. The Kier molecular flexibility index (Phi) is 6.45. The van der Waals surface area contributed by atoms with Crippen LogP contribution in [0.4, 0.5) is 11.4 Å². The molecule has 1 N–H and O–H groups in total. The molecule has 1 aromatic carbocycles. The van der Waals surface area contributed by atoms with Crippen molar-refractivity contribution in [3.05, 3.63) is 24.3 Å². The summed E-state index contributed by atoms with van der Waals surface area (Å²) in [6.07, 6.45) is 3.78. The molecule has 2 amide bonds. The van der Waals surface area contributed by atoms with E-state index >= 15 is 0 Å². The van der Waals surface area contributed by atoms with E-state index in [4.69, 9.17) is 0 Å². The zero-order chi connectivity index (χ0) is 18.4. The van der Waals surface area contributed by atoms with E-state index in [1.165, 1.54) is 24.9 Å². The summed E-state index contributed by atoms with van der Waals surface area (Å²) >= 11 is 0. The lowest BCUT2D eigenvalue weighted by Crippen LogP contribution is -2.47. The fourth-order valence-electron chi connectivity index (χ4n) is 3.20. The number of nitrogens with one attached hydrogen (secondary N) is 1. The van der Waals surface area contributed by atoms with Gasteiger partial charge in [0, 0.05) is 37.6 Å². The maximum absolute atomic E-state index is 12.6. The molecule has 0 aromatic heterocycles. The zero-order valence-corrected chi connectivity index (χ0v) is 16.0. The van der Waals surface area contributed by atoms with Crippen molar-refractivity contribution in [2.24, 2.45) is 5.41 Å². The molecule has 1 heterocycles. The first-order valence-electron chi connectivity index (χ1n) is 9.36. The number of carbonyl (C=O) groups is 2. The Hall–Kier alpha value is -2.04. The number of piperidine rings is 1. The lowest BCUT2D eigenvalue weighted by molar-refractivity contribution is -0.146. The number of anilines is 2. The van der Waals surface area contributed by atoms with E-state index in [-0.39, 0.29) is 11.8 Å². The molecular formula is C20H31N3O2. The average Bonchev–Trinajstić information content (AvgIpc) is 2.64. The van der Waals surface area contributed by atoms with Gasteiger partial charge in [0.1, 0.15) is 5.41 Å². The molecule has 25 heavy (non-hydrogen) atoms. The zero-order valence-electron chi connectivity index (χ0n) is 16.0. The van der Waals surface area contributed by atoms with Crippen LogP contribution in [0.3, 0.4) is 0 Å². The maximum atomic E-state index is 12.6. The number of benzene rings is 1. The summed E-state index contributed by atoms with van der Waals surface area (Å²) < 4.78 is 0. The third-order valence-corrected chi connectivity index (χ3v) is 5.00. The van der Waals surface area contributed by atoms with Crippen LogP contribution in [-0.2, 0) is 9.59 Å². The summed E-state index contributed by atoms with van der Waals surface area (Å²) in [6.45, 7) is 10.6. The predicted octanol–water partition coefficient (Wildman–Crippen LogP) is 3.51. The molecule has 5 heteroatoms. The van der Waals surface area contributed by atoms with Gasteiger partial charge in [0.15, 0.2) is 0 Å². The number of hydrogen-bond donors (Lipinski definition) is 1. The van der Waals surface area contributed by atoms with E-state index in [0.29, 0.717) is 13.1 Å². The molecule has 1 aliphatic rings. The van der Waals surface area contributed by atoms with Gasteiger partial charge in [-0.1, -0.05) is 0 Å². The third-order valence-electron chi connectivity index (χ3n) is 5.00. The van der Waals surface area contributed by atoms with E-state index in [0.717, 1.165) is 18.8 Å². The Morgan fingerprint density at radius 2 is 1.60 bits per heavy atom. The summed E-state index contributed by atoms with van der Waals surface area (Å²) in [5.41, 5.74) is 0.833. The fraction of sp³-hybridized carbons (Fsp3) is 0.600. The lowest BCUT2D eigenvalue weighted by atomic mass is 9.90. The second kappa shape index (κ2) is 8.37. The SMILES string of the molecule is CCN(CC)C(=O)C(C)(C)C(=O)Nc1ccc(N2CCCCC2)cc1. The van der Waals surface area contributed by atoms with E-state index in [1.54, 1.807) is 18.7 Å². The highest BCUT2D eigenvalue weighted by Gasteiger charge is 2.38. The van der Waals surface area contributed by atoms with Crippen LogP contribution in [0.5, 0.6) is 0 Å². The van der Waals surface area contributed by atoms with E-state index in [1.807, 2.05) is 38.1 Å². The topological polar surface area (TPSA) is 52.7 Å². The van der Waals surface area contributed by atoms with Crippen LogP contribution in [0.15, 0.2) is 24.3 Å². The quantitative estimate of drug-likeness (QED) is 0.803. The number of hydrogen-bond acceptors (Lipinski definition) is 3. The molecule has 138 valence electrons. The average molecular weight is 345 g/mol. The van der Waals surface area contributed by atoms with Crippen LogP contribution >= 0.6 is 0 Å². The monoisotopic (exact) mass is 345 g/mol. The van der Waals surface area contributed by atoms with Crippen molar-refractivity contribution in [2.45, 2.75) is 47.0 Å². The van der Waals surface area contributed by atoms with Crippen LogP contribution in [0.25, 0.3) is 0 Å². The Morgan fingerprint density at radius 1 is 1.04 bits per heavy atom. The summed E-state index contributed by atoms with van der Waals surface area (Å²) in [6, 6.07) is 7.92. The van der Waals surface area contributed by atoms with Gasteiger partial charge in [-0.3, -0.25) is 9.59 Å². The minimum absolute atomic E-state index is 0.139. The molecule has 1 aliphatic heterocycles. The van der Waals surface area contributed by atoms with Gasteiger partial charge in [-0.05, 0) is 71.2 Å². The number of amides is 2. The molecule has 0 aliphatic carbocycles. The van der Waals surface area contributed by atoms with Crippen LogP contribution in [0.2, 0.25) is 0 Å². The molecule has 0 bridgehead atoms. The second-order valence-electron chi connectivity index (χ2n) is 7.15. The normalized spacial score (nSPS) is 15.0. The molecule has 0 radical (unpaired) electrons. The van der Waals surface area contributed by atoms with Gasteiger partial charge in [-0.15, -0.1) is 0 Å². The maximum Gasteiger partial charge on any atom is 0.239 e. The molecule has 0 spiro atoms. The highest BCUT2D eigenvalue weighted by atomic mass is 16.2. The minimum atomic E-state index is -1.09. The van der Waals surface area contributed by atoms with Crippen molar-refractivity contribution in [1.82, 2.24) is 4.90 Å². The van der Waals surface area contributed by atoms with Crippen molar-refractivity contribution in [2.75, 3.05) is 36.4 Å². The van der Waals surface area contributed by atoms with Crippen molar-refractivity contribution in [3.63, 3.8) is 0 Å². The first-order chi connectivity index (χ1) is 11.9. The Balaban J connectivity index is 2.02. The highest BCUT2D eigenvalue weighted by Crippen LogP contribution is 2.25. The molecule has 2 rings (SSSR count). The summed E-state index contributed by atoms with van der Waals surface area (Å²) in [5.74, 6) is -0.407. The van der Waals surface area contributed by atoms with Crippen molar-refractivity contribution in [3.8, 4) is 0 Å². The van der Waals surface area contributed by atoms with Gasteiger partial charge in [0.25, 0.3) is 0 Å². The van der Waals surface area contributed by atoms with Gasteiger partial charge in [-0.2, -0.15) is 0 Å². The highest BCUT2D eigenvalue weighted by molar-refractivity contribution is 6.09. The van der Waals surface area contributed by atoms with E-state index in [9.17, 15) is 9.59 Å². The third kappa shape index (κ3) is 4.53. The Labute approximate surface area is 151 Å². The summed E-state index contributed by atoms with van der Waals surface area (Å²) in [7, 11) is 0. The molecule has 1 saturated heterocycles. The van der Waals surface area contributed by atoms with Crippen molar-refractivity contribution < 1.29 is 9.59 Å². The molecule has 5 nitrogen and oxygen atoms in total. The van der Waals surface area contributed by atoms with Gasteiger partial charge >= 0.3 is 0 Å². The predicted molar refractivity (Wildman–Crippen MR) is 103 cm³/mol. The Morgan fingerprint density at radius 3 is 2.12 bits per heavy atom. The largest absolute Gasteiger partial charge is 0.372 e. The summed E-state index contributed by atoms with van der Waals surface area (Å²) in [4.78, 5) is 29.3. The molecule has 1 fully saturated rings. The standard InChI is InChI=1S/C20H31N3O2/c1-5-22(6-2)19(25)20(3,4)18(24)21-16-10-12-17(13-11-16)23-14-8-7-9-15-23/h10-13H,5-9,14-15H2,1-4H3,(H,21,24). The number of nitrogens with zero attached hydrogens (tertiary/aromatic N) is 2. The van der Waals surface area contributed by atoms with E-state index in [2.05, 4.69) is 10.2 Å². The van der Waals surface area contributed by atoms with Crippen molar-refractivity contribution in [1.29, 1.82) is 0 Å². The fourth-order valence-corrected chi connectivity index (χ4v) is 3.20. The molecule has 0 atom stereocenters. The van der Waals surface area contributed by atoms with Crippen LogP contribution < -0.4 is 10.2 Å². The van der Waals surface area contributed by atoms with Gasteiger partial charge in [0.2, 0.25) is 11.8 Å². The van der Waals surface area contributed by atoms with Crippen LogP contribution in [0, 0.1) is 5.41 Å². The van der Waals surface area contributed by atoms with E-state index < -0.39 is 5.41 Å². The first-order valence-corrected chi connectivity index (χ1v) is 9.36. The molecule has 0 saturated carbocycles. The van der Waals surface area contributed by atoms with Crippen LogP contribution in [-0.4, -0.2) is 42.9 Å². The Bertz CT molecular complexity index is 585. The molecule has 0 unspecified atom stereocenters. The number of carbonyl (C=O) groups excluding carboxylic acids is 2. The molecular weight excluding hydrogens is 314 g/mol. The smallest absolute Gasteiger partial charge is 0.239 e. The summed E-state index contributed by atoms with van der Waals surface area (Å²) in [5, 5.41) is 2.89. The van der Waals surface area contributed by atoms with Crippen LogP contribution in [0.1, 0.15) is 47.0 Å². The number of rotatable bonds is 6. The second-order valence-corrected chi connectivity index (χ2v) is 7.15. The van der Waals surface area contributed by atoms with Gasteiger partial charge < -0.3 is 15.1 Å².